The van der Waals surface area contributed by atoms with E-state index in [0.717, 1.165) is 22.2 Å². The van der Waals surface area contributed by atoms with Crippen molar-refractivity contribution >= 4 is 40.3 Å². The van der Waals surface area contributed by atoms with E-state index in [9.17, 15) is 9.18 Å². The predicted molar refractivity (Wildman–Crippen MR) is 114 cm³/mol. The number of carbonyl (C=O) groups excluding carboxylic acids is 1. The summed E-state index contributed by atoms with van der Waals surface area (Å²) in [5.41, 5.74) is 3.14. The number of rotatable bonds is 5. The van der Waals surface area contributed by atoms with Gasteiger partial charge in [0.2, 0.25) is 0 Å². The molecule has 1 amide bonds. The fourth-order valence-corrected chi connectivity index (χ4v) is 4.38. The minimum absolute atomic E-state index is 0.168. The molecule has 0 bridgehead atoms. The van der Waals surface area contributed by atoms with Gasteiger partial charge < -0.3 is 15.2 Å². The first kappa shape index (κ1) is 18.4. The molecule has 0 aliphatic carbocycles. The summed E-state index contributed by atoms with van der Waals surface area (Å²) in [6.45, 7) is 6.59. The zero-order chi connectivity index (χ0) is 19.7. The van der Waals surface area contributed by atoms with E-state index >= 15 is 0 Å². The monoisotopic (exact) mass is 393 g/mol. The van der Waals surface area contributed by atoms with Crippen molar-refractivity contribution in [1.82, 2.24) is 9.88 Å². The Labute approximate surface area is 167 Å². The van der Waals surface area contributed by atoms with Crippen LogP contribution in [0.5, 0.6) is 0 Å². The van der Waals surface area contributed by atoms with Gasteiger partial charge in [0.05, 0.1) is 10.6 Å². The van der Waals surface area contributed by atoms with Crippen molar-refractivity contribution in [3.05, 3.63) is 83.2 Å². The summed E-state index contributed by atoms with van der Waals surface area (Å²) in [7, 11) is 0. The number of fused-ring (bicyclic) bond motifs is 1. The molecular weight excluding hydrogens is 373 g/mol. The van der Waals surface area contributed by atoms with Gasteiger partial charge in [0, 0.05) is 28.7 Å². The Morgan fingerprint density at radius 3 is 2.79 bits per heavy atom. The number of aromatic nitrogens is 1. The molecule has 1 fully saturated rings. The predicted octanol–water partition coefficient (Wildman–Crippen LogP) is 4.87. The summed E-state index contributed by atoms with van der Waals surface area (Å²) in [6, 6.07) is 14.5. The second-order valence-corrected chi connectivity index (χ2v) is 7.67. The molecule has 1 unspecified atom stereocenters. The molecule has 28 heavy (non-hydrogen) atoms. The average Bonchev–Trinajstić information content (AvgIpc) is 3.16. The van der Waals surface area contributed by atoms with Gasteiger partial charge in [0.15, 0.2) is 5.50 Å². The molecule has 0 radical (unpaired) electrons. The largest absolute Gasteiger partial charge is 0.354 e. The molecule has 4 nitrogen and oxygen atoms in total. The van der Waals surface area contributed by atoms with E-state index in [1.807, 2.05) is 31.2 Å². The van der Waals surface area contributed by atoms with Crippen molar-refractivity contribution in [3.8, 4) is 0 Å². The van der Waals surface area contributed by atoms with Crippen LogP contribution < -0.4 is 10.6 Å². The lowest BCUT2D eigenvalue weighted by Gasteiger charge is -2.12. The van der Waals surface area contributed by atoms with E-state index in [1.54, 1.807) is 18.2 Å². The molecular formula is C22H20FN3OS. The molecule has 2 aromatic carbocycles. The average molecular weight is 393 g/mol. The van der Waals surface area contributed by atoms with E-state index in [4.69, 9.17) is 0 Å². The number of hydrogen-bond acceptors (Lipinski definition) is 3. The van der Waals surface area contributed by atoms with Gasteiger partial charge in [-0.2, -0.15) is 0 Å². The summed E-state index contributed by atoms with van der Waals surface area (Å²) < 4.78 is 16.1. The van der Waals surface area contributed by atoms with Crippen molar-refractivity contribution in [2.24, 2.45) is 0 Å². The van der Waals surface area contributed by atoms with Crippen LogP contribution in [-0.4, -0.2) is 16.0 Å². The van der Waals surface area contributed by atoms with Crippen LogP contribution in [-0.2, 0) is 11.3 Å². The summed E-state index contributed by atoms with van der Waals surface area (Å²) in [5, 5.41) is 6.97. The van der Waals surface area contributed by atoms with E-state index in [-0.39, 0.29) is 11.7 Å². The lowest BCUT2D eigenvalue weighted by molar-refractivity contribution is -0.116. The van der Waals surface area contributed by atoms with Crippen LogP contribution in [0.15, 0.2) is 66.1 Å². The number of amides is 1. The third-order valence-corrected chi connectivity index (χ3v) is 5.79. The fraction of sp³-hybridized carbons (Fsp3) is 0.136. The summed E-state index contributed by atoms with van der Waals surface area (Å²) in [6.07, 6.45) is 3.78. The van der Waals surface area contributed by atoms with E-state index in [1.165, 1.54) is 17.8 Å². The molecule has 142 valence electrons. The number of anilines is 1. The van der Waals surface area contributed by atoms with Crippen molar-refractivity contribution in [2.45, 2.75) is 19.0 Å². The number of nitrogens with one attached hydrogen (secondary N) is 2. The second kappa shape index (κ2) is 7.56. The molecule has 0 saturated carbocycles. The van der Waals surface area contributed by atoms with E-state index < -0.39 is 5.50 Å². The highest BCUT2D eigenvalue weighted by atomic mass is 32.2. The van der Waals surface area contributed by atoms with Crippen LogP contribution in [0.25, 0.3) is 17.0 Å². The number of nitrogens with zero attached hydrogens (tertiary/aromatic N) is 1. The Morgan fingerprint density at radius 2 is 2.00 bits per heavy atom. The number of para-hydroxylation sites is 2. The Morgan fingerprint density at radius 1 is 1.25 bits per heavy atom. The summed E-state index contributed by atoms with van der Waals surface area (Å²) >= 11 is 1.35. The van der Waals surface area contributed by atoms with Gasteiger partial charge in [-0.1, -0.05) is 48.2 Å². The molecule has 1 aromatic heterocycles. The molecule has 1 aliphatic rings. The van der Waals surface area contributed by atoms with Gasteiger partial charge in [0.1, 0.15) is 5.82 Å². The zero-order valence-corrected chi connectivity index (χ0v) is 16.2. The third kappa shape index (κ3) is 3.31. The van der Waals surface area contributed by atoms with Crippen molar-refractivity contribution in [3.63, 3.8) is 0 Å². The second-order valence-electron chi connectivity index (χ2n) is 6.52. The Balaban J connectivity index is 1.66. The van der Waals surface area contributed by atoms with Gasteiger partial charge >= 0.3 is 0 Å². The standard InChI is InChI=1S/C22H20FN3OS/c1-3-12-26-14(2)16(15-8-4-7-11-19(15)26)13-20-21(27)25-22(28-20)24-18-10-6-5-9-17(18)23/h3-11,13,22,24H,1,12H2,2H3,(H,25,27)/b20-13-. The van der Waals surface area contributed by atoms with Crippen molar-refractivity contribution in [2.75, 3.05) is 5.32 Å². The first-order valence-corrected chi connectivity index (χ1v) is 9.85. The van der Waals surface area contributed by atoms with Crippen LogP contribution in [0.4, 0.5) is 10.1 Å². The number of halogens is 1. The Bertz CT molecular complexity index is 1100. The maximum atomic E-state index is 13.9. The lowest BCUT2D eigenvalue weighted by Crippen LogP contribution is -2.31. The zero-order valence-electron chi connectivity index (χ0n) is 15.4. The SMILES string of the molecule is C=CCn1c(C)c(/C=C2\SC(Nc3ccccc3F)NC2=O)c2ccccc21. The maximum absolute atomic E-state index is 13.9. The molecule has 1 atom stereocenters. The van der Waals surface area contributed by atoms with Crippen molar-refractivity contribution < 1.29 is 9.18 Å². The molecule has 4 rings (SSSR count). The Hall–Kier alpha value is -2.99. The van der Waals surface area contributed by atoms with Crippen LogP contribution in [0.1, 0.15) is 11.3 Å². The highest BCUT2D eigenvalue weighted by Crippen LogP contribution is 2.34. The topological polar surface area (TPSA) is 46.1 Å². The molecule has 2 heterocycles. The molecule has 1 saturated heterocycles. The summed E-state index contributed by atoms with van der Waals surface area (Å²) in [4.78, 5) is 13.1. The van der Waals surface area contributed by atoms with Crippen molar-refractivity contribution in [1.29, 1.82) is 0 Å². The first-order chi connectivity index (χ1) is 13.6. The van der Waals surface area contributed by atoms with E-state index in [0.29, 0.717) is 17.1 Å². The lowest BCUT2D eigenvalue weighted by atomic mass is 10.1. The van der Waals surface area contributed by atoms with Gasteiger partial charge in [-0.25, -0.2) is 4.39 Å². The van der Waals surface area contributed by atoms with Gasteiger partial charge in [-0.3, -0.25) is 4.79 Å². The fourth-order valence-electron chi connectivity index (χ4n) is 3.42. The van der Waals surface area contributed by atoms with Crippen LogP contribution in [0.2, 0.25) is 0 Å². The molecule has 2 N–H and O–H groups in total. The maximum Gasteiger partial charge on any atom is 0.260 e. The van der Waals surface area contributed by atoms with Gasteiger partial charge in [0.25, 0.3) is 5.91 Å². The summed E-state index contributed by atoms with van der Waals surface area (Å²) in [5.74, 6) is -0.517. The van der Waals surface area contributed by atoms with Crippen LogP contribution in [0, 0.1) is 12.7 Å². The van der Waals surface area contributed by atoms with Crippen LogP contribution in [0.3, 0.4) is 0 Å². The van der Waals surface area contributed by atoms with Crippen LogP contribution >= 0.6 is 11.8 Å². The quantitative estimate of drug-likeness (QED) is 0.480. The Kier molecular flexibility index (Phi) is 4.96. The third-order valence-electron chi connectivity index (χ3n) is 4.76. The molecule has 3 aromatic rings. The van der Waals surface area contributed by atoms with E-state index in [2.05, 4.69) is 33.9 Å². The van der Waals surface area contributed by atoms with Gasteiger partial charge in [-0.05, 0) is 31.2 Å². The number of thioether (sulfide) groups is 1. The smallest absolute Gasteiger partial charge is 0.260 e. The highest BCUT2D eigenvalue weighted by molar-refractivity contribution is 8.05. The highest BCUT2D eigenvalue weighted by Gasteiger charge is 2.28. The molecule has 1 aliphatic heterocycles. The number of allylic oxidation sites excluding steroid dienone is 1. The van der Waals surface area contributed by atoms with Gasteiger partial charge in [-0.15, -0.1) is 6.58 Å². The molecule has 0 spiro atoms. The number of hydrogen-bond donors (Lipinski definition) is 2. The number of carbonyl (C=O) groups is 1. The minimum atomic E-state index is -0.419. The number of benzene rings is 2. The minimum Gasteiger partial charge on any atom is -0.354 e. The first-order valence-electron chi connectivity index (χ1n) is 8.97. The molecule has 6 heteroatoms. The normalized spacial score (nSPS) is 17.9.